The Kier molecular flexibility index (Phi) is 3.50. The number of pyridine rings is 1. The maximum Gasteiger partial charge on any atom is 0.409 e. The fraction of sp³-hybridized carbons (Fsp3) is 0.333. The second-order valence-electron chi connectivity index (χ2n) is 3.88. The Bertz CT molecular complexity index is 501. The van der Waals surface area contributed by atoms with Crippen molar-refractivity contribution in [2.45, 2.75) is 19.3 Å². The number of nitrogens with zero attached hydrogens (tertiary/aromatic N) is 1. The van der Waals surface area contributed by atoms with Crippen LogP contribution in [0.25, 0.3) is 0 Å². The topological polar surface area (TPSA) is 62.2 Å². The van der Waals surface area contributed by atoms with Crippen molar-refractivity contribution in [3.63, 3.8) is 0 Å². The van der Waals surface area contributed by atoms with E-state index in [1.165, 1.54) is 12.6 Å². The van der Waals surface area contributed by atoms with Crippen molar-refractivity contribution in [3.8, 4) is 11.8 Å². The fourth-order valence-electron chi connectivity index (χ4n) is 1.48. The summed E-state index contributed by atoms with van der Waals surface area (Å²) in [5, 5.41) is 11.2. The molecule has 5 heteroatoms. The monoisotopic (exact) mass is 250 g/mol. The minimum atomic E-state index is -1.14. The Morgan fingerprint density at radius 1 is 1.59 bits per heavy atom. The quantitative estimate of drug-likeness (QED) is 0.595. The van der Waals surface area contributed by atoms with Gasteiger partial charge in [-0.2, -0.15) is 0 Å². The van der Waals surface area contributed by atoms with Gasteiger partial charge in [0.05, 0.1) is 17.4 Å². The summed E-state index contributed by atoms with van der Waals surface area (Å²) >= 11 is 5.76. The largest absolute Gasteiger partial charge is 0.465 e. The van der Waals surface area contributed by atoms with Crippen LogP contribution in [0.3, 0.4) is 0 Å². The molecule has 0 aromatic carbocycles. The molecule has 1 aliphatic rings. The van der Waals surface area contributed by atoms with E-state index in [0.717, 1.165) is 12.8 Å². The Hall–Kier alpha value is -1.73. The molecule has 1 saturated carbocycles. The van der Waals surface area contributed by atoms with E-state index in [0.29, 0.717) is 22.3 Å². The summed E-state index contributed by atoms with van der Waals surface area (Å²) < 4.78 is 0. The first kappa shape index (κ1) is 11.7. The van der Waals surface area contributed by atoms with Gasteiger partial charge in [0.25, 0.3) is 0 Å². The van der Waals surface area contributed by atoms with Crippen LogP contribution in [0.1, 0.15) is 24.8 Å². The molecule has 4 nitrogen and oxygen atoms in total. The molecule has 0 bridgehead atoms. The molecular weight excluding hydrogens is 240 g/mol. The SMILES string of the molecule is O=C(O)Nc1cnc(Cl)cc1C#CC1CCC1. The van der Waals surface area contributed by atoms with Crippen molar-refractivity contribution in [2.24, 2.45) is 5.92 Å². The molecule has 0 radical (unpaired) electrons. The van der Waals surface area contributed by atoms with Crippen LogP contribution in [-0.2, 0) is 0 Å². The lowest BCUT2D eigenvalue weighted by atomic mass is 9.86. The summed E-state index contributed by atoms with van der Waals surface area (Å²) in [7, 11) is 0. The molecular formula is C12H11ClN2O2. The van der Waals surface area contributed by atoms with Crippen molar-refractivity contribution in [2.75, 3.05) is 5.32 Å². The van der Waals surface area contributed by atoms with E-state index in [1.54, 1.807) is 6.07 Å². The number of nitrogens with one attached hydrogen (secondary N) is 1. The van der Waals surface area contributed by atoms with Gasteiger partial charge in [0, 0.05) is 5.92 Å². The van der Waals surface area contributed by atoms with Crippen molar-refractivity contribution >= 4 is 23.4 Å². The van der Waals surface area contributed by atoms with E-state index in [9.17, 15) is 4.79 Å². The molecule has 1 heterocycles. The lowest BCUT2D eigenvalue weighted by Crippen LogP contribution is -2.10. The van der Waals surface area contributed by atoms with Gasteiger partial charge in [0.1, 0.15) is 5.15 Å². The Labute approximate surface area is 104 Å². The first-order chi connectivity index (χ1) is 8.15. The fourth-order valence-corrected chi connectivity index (χ4v) is 1.64. The number of amides is 1. The third-order valence-corrected chi connectivity index (χ3v) is 2.84. The average Bonchev–Trinajstić information content (AvgIpc) is 2.19. The molecule has 1 aromatic heterocycles. The number of anilines is 1. The van der Waals surface area contributed by atoms with E-state index in [4.69, 9.17) is 16.7 Å². The lowest BCUT2D eigenvalue weighted by Gasteiger charge is -2.18. The van der Waals surface area contributed by atoms with Gasteiger partial charge >= 0.3 is 6.09 Å². The van der Waals surface area contributed by atoms with Crippen molar-refractivity contribution in [1.29, 1.82) is 0 Å². The van der Waals surface area contributed by atoms with Crippen LogP contribution >= 0.6 is 11.6 Å². The number of hydrogen-bond acceptors (Lipinski definition) is 2. The number of aromatic nitrogens is 1. The minimum absolute atomic E-state index is 0.304. The van der Waals surface area contributed by atoms with Crippen LogP contribution in [0.4, 0.5) is 10.5 Å². The van der Waals surface area contributed by atoms with Crippen molar-refractivity contribution in [1.82, 2.24) is 4.98 Å². The van der Waals surface area contributed by atoms with Gasteiger partial charge in [-0.3, -0.25) is 5.32 Å². The summed E-state index contributed by atoms with van der Waals surface area (Å²) in [6.07, 6.45) is 3.69. The van der Waals surface area contributed by atoms with Gasteiger partial charge in [-0.25, -0.2) is 9.78 Å². The first-order valence-electron chi connectivity index (χ1n) is 5.32. The third kappa shape index (κ3) is 3.11. The third-order valence-electron chi connectivity index (χ3n) is 2.63. The molecule has 0 atom stereocenters. The summed E-state index contributed by atoms with van der Waals surface area (Å²) in [5.41, 5.74) is 0.938. The van der Waals surface area contributed by atoms with E-state index in [1.807, 2.05) is 0 Å². The van der Waals surface area contributed by atoms with Crippen molar-refractivity contribution < 1.29 is 9.90 Å². The summed E-state index contributed by atoms with van der Waals surface area (Å²) in [6, 6.07) is 1.57. The number of rotatable bonds is 1. The van der Waals surface area contributed by atoms with Crippen LogP contribution in [0.15, 0.2) is 12.3 Å². The van der Waals surface area contributed by atoms with Gasteiger partial charge < -0.3 is 5.11 Å². The molecule has 88 valence electrons. The van der Waals surface area contributed by atoms with E-state index in [2.05, 4.69) is 22.1 Å². The molecule has 2 N–H and O–H groups in total. The molecule has 17 heavy (non-hydrogen) atoms. The van der Waals surface area contributed by atoms with Gasteiger partial charge in [0.2, 0.25) is 0 Å². The van der Waals surface area contributed by atoms with Crippen molar-refractivity contribution in [3.05, 3.63) is 23.0 Å². The zero-order chi connectivity index (χ0) is 12.3. The minimum Gasteiger partial charge on any atom is -0.465 e. The number of halogens is 1. The zero-order valence-electron chi connectivity index (χ0n) is 9.03. The maximum atomic E-state index is 10.6. The van der Waals surface area contributed by atoms with E-state index in [-0.39, 0.29) is 0 Å². The molecule has 0 spiro atoms. The summed E-state index contributed by atoms with van der Waals surface area (Å²) in [4.78, 5) is 14.4. The second kappa shape index (κ2) is 5.07. The molecule has 1 aliphatic carbocycles. The predicted molar refractivity (Wildman–Crippen MR) is 65.1 cm³/mol. The molecule has 0 unspecified atom stereocenters. The molecule has 1 amide bonds. The van der Waals surface area contributed by atoms with Crippen LogP contribution < -0.4 is 5.32 Å². The van der Waals surface area contributed by atoms with Gasteiger partial charge in [0.15, 0.2) is 0 Å². The number of carboxylic acid groups (broad SMARTS) is 1. The molecule has 0 saturated heterocycles. The smallest absolute Gasteiger partial charge is 0.409 e. The lowest BCUT2D eigenvalue weighted by molar-refractivity contribution is 0.209. The first-order valence-corrected chi connectivity index (χ1v) is 5.70. The Morgan fingerprint density at radius 3 is 2.94 bits per heavy atom. The average molecular weight is 251 g/mol. The van der Waals surface area contributed by atoms with Gasteiger partial charge in [-0.1, -0.05) is 29.9 Å². The highest BCUT2D eigenvalue weighted by molar-refractivity contribution is 6.29. The van der Waals surface area contributed by atoms with Crippen LogP contribution in [-0.4, -0.2) is 16.2 Å². The molecule has 0 aliphatic heterocycles. The highest BCUT2D eigenvalue weighted by Crippen LogP contribution is 2.25. The summed E-state index contributed by atoms with van der Waals surface area (Å²) in [6.45, 7) is 0. The zero-order valence-corrected chi connectivity index (χ0v) is 9.79. The highest BCUT2D eigenvalue weighted by Gasteiger charge is 2.14. The van der Waals surface area contributed by atoms with Crippen LogP contribution in [0.5, 0.6) is 0 Å². The summed E-state index contributed by atoms with van der Waals surface area (Å²) in [5.74, 6) is 6.50. The van der Waals surface area contributed by atoms with E-state index < -0.39 is 6.09 Å². The predicted octanol–water partition coefficient (Wildman–Crippen LogP) is 2.98. The second-order valence-corrected chi connectivity index (χ2v) is 4.27. The number of hydrogen-bond donors (Lipinski definition) is 2. The molecule has 1 fully saturated rings. The highest BCUT2D eigenvalue weighted by atomic mass is 35.5. The van der Waals surface area contributed by atoms with Crippen LogP contribution in [0.2, 0.25) is 5.15 Å². The Balaban J connectivity index is 2.24. The molecule has 2 rings (SSSR count). The van der Waals surface area contributed by atoms with E-state index >= 15 is 0 Å². The maximum absolute atomic E-state index is 10.6. The van der Waals surface area contributed by atoms with Crippen LogP contribution in [0, 0.1) is 17.8 Å². The Morgan fingerprint density at radius 2 is 2.35 bits per heavy atom. The number of carbonyl (C=O) groups is 1. The van der Waals surface area contributed by atoms with Gasteiger partial charge in [-0.15, -0.1) is 0 Å². The molecule has 1 aromatic rings. The normalized spacial score (nSPS) is 14.4. The van der Waals surface area contributed by atoms with Gasteiger partial charge in [-0.05, 0) is 18.9 Å². The standard InChI is InChI=1S/C12H11ClN2O2/c13-11-6-9(5-4-8-2-1-3-8)10(7-14-11)15-12(16)17/h6-8,15H,1-3H2,(H,16,17).